The summed E-state index contributed by atoms with van der Waals surface area (Å²) in [4.78, 5) is 11.8. The summed E-state index contributed by atoms with van der Waals surface area (Å²) in [7, 11) is 1.61. The van der Waals surface area contributed by atoms with Gasteiger partial charge in [0.15, 0.2) is 0 Å². The van der Waals surface area contributed by atoms with Gasteiger partial charge in [0.1, 0.15) is 5.75 Å². The number of hydrogen-bond donors (Lipinski definition) is 2. The number of amides is 1. The van der Waals surface area contributed by atoms with Crippen molar-refractivity contribution in [3.8, 4) is 5.75 Å². The molecule has 2 rings (SSSR count). The van der Waals surface area contributed by atoms with Gasteiger partial charge < -0.3 is 15.4 Å². The smallest absolute Gasteiger partial charge is 0.238 e. The van der Waals surface area contributed by atoms with Gasteiger partial charge in [-0.05, 0) is 12.1 Å². The Morgan fingerprint density at radius 2 is 2.35 bits per heavy atom. The third kappa shape index (κ3) is 5.26. The fraction of sp³-hybridized carbons (Fsp3) is 0.500. The standard InChI is InChI=1S/C14H20N2O2S2/c1-18-12-4-2-3-11(7-12)16-14(17)9-15-8-13-10-19-5-6-20-13/h2-4,7,13,15H,5-6,8-10H2,1H3,(H,16,17). The van der Waals surface area contributed by atoms with Gasteiger partial charge in [-0.2, -0.15) is 23.5 Å². The number of thioether (sulfide) groups is 2. The largest absolute Gasteiger partial charge is 0.497 e. The third-order valence-corrected chi connectivity index (χ3v) is 5.74. The Hall–Kier alpha value is -0.850. The zero-order valence-corrected chi connectivity index (χ0v) is 13.2. The van der Waals surface area contributed by atoms with Gasteiger partial charge >= 0.3 is 0 Å². The summed E-state index contributed by atoms with van der Waals surface area (Å²) >= 11 is 3.99. The van der Waals surface area contributed by atoms with Gasteiger partial charge in [0.05, 0.1) is 13.7 Å². The number of benzene rings is 1. The normalized spacial score (nSPS) is 18.6. The average Bonchev–Trinajstić information content (AvgIpc) is 2.48. The molecule has 1 aliphatic rings. The second-order valence-electron chi connectivity index (χ2n) is 4.48. The van der Waals surface area contributed by atoms with E-state index in [0.29, 0.717) is 11.8 Å². The van der Waals surface area contributed by atoms with Crippen LogP contribution in [0.5, 0.6) is 5.75 Å². The first-order valence-electron chi connectivity index (χ1n) is 6.62. The monoisotopic (exact) mass is 312 g/mol. The molecule has 0 bridgehead atoms. The summed E-state index contributed by atoms with van der Waals surface area (Å²) in [5.41, 5.74) is 0.763. The van der Waals surface area contributed by atoms with E-state index in [1.807, 2.05) is 47.8 Å². The van der Waals surface area contributed by atoms with Crippen LogP contribution in [0.4, 0.5) is 5.69 Å². The van der Waals surface area contributed by atoms with Gasteiger partial charge in [0.25, 0.3) is 0 Å². The molecule has 1 heterocycles. The zero-order chi connectivity index (χ0) is 14.2. The number of anilines is 1. The Kier molecular flexibility index (Phi) is 6.56. The van der Waals surface area contributed by atoms with Gasteiger partial charge in [-0.15, -0.1) is 0 Å². The van der Waals surface area contributed by atoms with Crippen molar-refractivity contribution >= 4 is 35.1 Å². The third-order valence-electron chi connectivity index (χ3n) is 2.90. The van der Waals surface area contributed by atoms with Crippen molar-refractivity contribution in [2.75, 3.05) is 42.8 Å². The van der Waals surface area contributed by atoms with E-state index in [4.69, 9.17) is 4.74 Å². The summed E-state index contributed by atoms with van der Waals surface area (Å²) in [5.74, 6) is 4.36. The molecule has 2 N–H and O–H groups in total. The van der Waals surface area contributed by atoms with Crippen LogP contribution < -0.4 is 15.4 Å². The number of carbonyl (C=O) groups excluding carboxylic acids is 1. The zero-order valence-electron chi connectivity index (χ0n) is 11.6. The Morgan fingerprint density at radius 1 is 1.45 bits per heavy atom. The predicted molar refractivity (Wildman–Crippen MR) is 88.1 cm³/mol. The van der Waals surface area contributed by atoms with E-state index >= 15 is 0 Å². The highest BCUT2D eigenvalue weighted by atomic mass is 32.2. The maximum atomic E-state index is 11.8. The van der Waals surface area contributed by atoms with Crippen molar-refractivity contribution in [2.24, 2.45) is 0 Å². The molecule has 6 heteroatoms. The van der Waals surface area contributed by atoms with Gasteiger partial charge in [-0.3, -0.25) is 4.79 Å². The van der Waals surface area contributed by atoms with Crippen LogP contribution in [0, 0.1) is 0 Å². The van der Waals surface area contributed by atoms with E-state index in [-0.39, 0.29) is 5.91 Å². The SMILES string of the molecule is COc1cccc(NC(=O)CNCC2CSCCS2)c1. The van der Waals surface area contributed by atoms with E-state index in [1.165, 1.54) is 17.3 Å². The molecule has 110 valence electrons. The predicted octanol–water partition coefficient (Wildman–Crippen LogP) is 2.07. The molecule has 1 fully saturated rings. The molecule has 1 unspecified atom stereocenters. The van der Waals surface area contributed by atoms with E-state index in [2.05, 4.69) is 10.6 Å². The van der Waals surface area contributed by atoms with Crippen LogP contribution in [0.3, 0.4) is 0 Å². The lowest BCUT2D eigenvalue weighted by Gasteiger charge is -2.21. The highest BCUT2D eigenvalue weighted by molar-refractivity contribution is 8.06. The first-order valence-corrected chi connectivity index (χ1v) is 8.82. The van der Waals surface area contributed by atoms with Crippen LogP contribution in [0.15, 0.2) is 24.3 Å². The lowest BCUT2D eigenvalue weighted by molar-refractivity contribution is -0.115. The number of carbonyl (C=O) groups is 1. The van der Waals surface area contributed by atoms with Crippen LogP contribution in [0.1, 0.15) is 0 Å². The molecule has 0 spiro atoms. The highest BCUT2D eigenvalue weighted by Gasteiger charge is 2.14. The Morgan fingerprint density at radius 3 is 3.10 bits per heavy atom. The second-order valence-corrected chi connectivity index (χ2v) is 7.04. The van der Waals surface area contributed by atoms with Crippen LogP contribution in [0.25, 0.3) is 0 Å². The van der Waals surface area contributed by atoms with Crippen molar-refractivity contribution in [2.45, 2.75) is 5.25 Å². The minimum absolute atomic E-state index is 0.0216. The van der Waals surface area contributed by atoms with Crippen LogP contribution in [-0.2, 0) is 4.79 Å². The minimum atomic E-state index is -0.0216. The maximum Gasteiger partial charge on any atom is 0.238 e. The van der Waals surface area contributed by atoms with Gasteiger partial charge in [-0.25, -0.2) is 0 Å². The van der Waals surface area contributed by atoms with Crippen molar-refractivity contribution in [1.29, 1.82) is 0 Å². The fourth-order valence-electron chi connectivity index (χ4n) is 1.91. The van der Waals surface area contributed by atoms with Crippen LogP contribution >= 0.6 is 23.5 Å². The molecular weight excluding hydrogens is 292 g/mol. The molecule has 0 saturated carbocycles. The molecule has 1 aromatic carbocycles. The van der Waals surface area contributed by atoms with Crippen molar-refractivity contribution in [3.63, 3.8) is 0 Å². The summed E-state index contributed by atoms with van der Waals surface area (Å²) in [6, 6.07) is 7.38. The first kappa shape index (κ1) is 15.5. The number of rotatable bonds is 6. The summed E-state index contributed by atoms with van der Waals surface area (Å²) in [6.45, 7) is 1.24. The van der Waals surface area contributed by atoms with Crippen LogP contribution in [-0.4, -0.2) is 48.6 Å². The minimum Gasteiger partial charge on any atom is -0.497 e. The van der Waals surface area contributed by atoms with E-state index < -0.39 is 0 Å². The molecule has 20 heavy (non-hydrogen) atoms. The number of hydrogen-bond acceptors (Lipinski definition) is 5. The Bertz CT molecular complexity index is 437. The maximum absolute atomic E-state index is 11.8. The van der Waals surface area contributed by atoms with E-state index in [0.717, 1.165) is 18.0 Å². The van der Waals surface area contributed by atoms with Gasteiger partial charge in [-0.1, -0.05) is 6.07 Å². The first-order chi connectivity index (χ1) is 9.78. The molecule has 1 amide bonds. The highest BCUT2D eigenvalue weighted by Crippen LogP contribution is 2.23. The van der Waals surface area contributed by atoms with Gasteiger partial charge in [0, 0.05) is 40.8 Å². The number of nitrogens with one attached hydrogen (secondary N) is 2. The molecule has 1 saturated heterocycles. The van der Waals surface area contributed by atoms with E-state index in [1.54, 1.807) is 7.11 Å². The molecule has 1 atom stereocenters. The lowest BCUT2D eigenvalue weighted by Crippen LogP contribution is -2.34. The molecule has 0 aromatic heterocycles. The lowest BCUT2D eigenvalue weighted by atomic mass is 10.3. The van der Waals surface area contributed by atoms with Crippen molar-refractivity contribution in [3.05, 3.63) is 24.3 Å². The Balaban J connectivity index is 1.69. The summed E-state index contributed by atoms with van der Waals surface area (Å²) in [5, 5.41) is 6.71. The molecule has 1 aromatic rings. The molecule has 4 nitrogen and oxygen atoms in total. The molecule has 0 radical (unpaired) electrons. The van der Waals surface area contributed by atoms with E-state index in [9.17, 15) is 4.79 Å². The summed E-state index contributed by atoms with van der Waals surface area (Å²) < 4.78 is 5.12. The quantitative estimate of drug-likeness (QED) is 0.842. The average molecular weight is 312 g/mol. The Labute approximate surface area is 128 Å². The van der Waals surface area contributed by atoms with Gasteiger partial charge in [0.2, 0.25) is 5.91 Å². The summed E-state index contributed by atoms with van der Waals surface area (Å²) in [6.07, 6.45) is 0. The topological polar surface area (TPSA) is 50.4 Å². The molecule has 0 aliphatic carbocycles. The second kappa shape index (κ2) is 8.44. The van der Waals surface area contributed by atoms with Crippen LogP contribution in [0.2, 0.25) is 0 Å². The molecular formula is C14H20N2O2S2. The molecule has 1 aliphatic heterocycles. The fourth-order valence-corrected chi connectivity index (χ4v) is 4.55. The van der Waals surface area contributed by atoms with Crippen molar-refractivity contribution in [1.82, 2.24) is 5.32 Å². The van der Waals surface area contributed by atoms with Crippen molar-refractivity contribution < 1.29 is 9.53 Å². The number of methoxy groups -OCH3 is 1. The number of ether oxygens (including phenoxy) is 1.